The van der Waals surface area contributed by atoms with E-state index in [0.717, 1.165) is 0 Å². The summed E-state index contributed by atoms with van der Waals surface area (Å²) in [6.07, 6.45) is 0. The fourth-order valence-corrected chi connectivity index (χ4v) is 0.936. The van der Waals surface area contributed by atoms with E-state index < -0.39 is 7.04 Å². The van der Waals surface area contributed by atoms with E-state index in [0.29, 0.717) is 19.0 Å². The summed E-state index contributed by atoms with van der Waals surface area (Å²) in [5.74, 6) is 0.565. The lowest BCUT2D eigenvalue weighted by molar-refractivity contribution is 0.146. The van der Waals surface area contributed by atoms with Gasteiger partial charge in [0.15, 0.2) is 0 Å². The molecule has 1 aromatic carbocycles. The van der Waals surface area contributed by atoms with Gasteiger partial charge in [-0.3, -0.25) is 0 Å². The average molecular weight is 200 g/mol. The summed E-state index contributed by atoms with van der Waals surface area (Å²) in [7, 11) is -0.964. The molecule has 0 aliphatic heterocycles. The summed E-state index contributed by atoms with van der Waals surface area (Å²) in [6, 6.07) is 4.61. The van der Waals surface area contributed by atoms with E-state index in [9.17, 15) is 0 Å². The maximum absolute atomic E-state index is 7.00. The molecule has 0 heterocycles. The molecule has 14 heavy (non-hydrogen) atoms. The highest BCUT2D eigenvalue weighted by Crippen LogP contribution is 2.26. The van der Waals surface area contributed by atoms with Crippen LogP contribution in [-0.2, 0) is 4.74 Å². The molecule has 78 valence electrons. The Labute approximate surface area is 87.8 Å². The van der Waals surface area contributed by atoms with Gasteiger partial charge in [0.25, 0.3) is 0 Å². The zero-order valence-electron chi connectivity index (χ0n) is 10.9. The second-order valence-electron chi connectivity index (χ2n) is 2.64. The fourth-order valence-electron chi connectivity index (χ4n) is 0.936. The lowest BCUT2D eigenvalue weighted by Crippen LogP contribution is -2.04. The summed E-state index contributed by atoms with van der Waals surface area (Å²) < 4.78 is 35.9. The molecule has 0 bridgehead atoms. The maximum atomic E-state index is 7.00. The molecular formula is C10H15NO3. The Morgan fingerprint density at radius 2 is 2.29 bits per heavy atom. The molecule has 0 aliphatic carbocycles. The number of nitrogen functional groups attached to an aromatic ring is 1. The van der Waals surface area contributed by atoms with E-state index >= 15 is 0 Å². The largest absolute Gasteiger partial charge is 0.494 e. The Kier molecular flexibility index (Phi) is 2.65. The van der Waals surface area contributed by atoms with Gasteiger partial charge >= 0.3 is 0 Å². The van der Waals surface area contributed by atoms with Gasteiger partial charge in [0.2, 0.25) is 0 Å². The smallest absolute Gasteiger partial charge is 0.145 e. The molecule has 0 saturated carbocycles. The minimum Gasteiger partial charge on any atom is -0.494 e. The highest BCUT2D eigenvalue weighted by atomic mass is 16.5. The van der Waals surface area contributed by atoms with Crippen molar-refractivity contribution in [3.63, 3.8) is 0 Å². The van der Waals surface area contributed by atoms with Gasteiger partial charge < -0.3 is 19.9 Å². The molecule has 0 aromatic heterocycles. The number of benzene rings is 1. The lowest BCUT2D eigenvalue weighted by atomic mass is 10.3. The van der Waals surface area contributed by atoms with Crippen LogP contribution < -0.4 is 15.2 Å². The van der Waals surface area contributed by atoms with Crippen molar-refractivity contribution in [3.05, 3.63) is 18.2 Å². The van der Waals surface area contributed by atoms with Crippen LogP contribution in [-0.4, -0.2) is 27.4 Å². The topological polar surface area (TPSA) is 53.7 Å². The van der Waals surface area contributed by atoms with Crippen molar-refractivity contribution in [3.8, 4) is 11.5 Å². The molecule has 1 rings (SSSR count). The van der Waals surface area contributed by atoms with Crippen molar-refractivity contribution >= 4 is 5.69 Å². The van der Waals surface area contributed by atoms with Crippen LogP contribution in [0.15, 0.2) is 18.2 Å². The summed E-state index contributed by atoms with van der Waals surface area (Å²) in [4.78, 5) is 0. The third-order valence-corrected chi connectivity index (χ3v) is 1.65. The molecule has 0 radical (unpaired) electrons. The molecule has 2 N–H and O–H groups in total. The molecule has 0 fully saturated rings. The van der Waals surface area contributed by atoms with Gasteiger partial charge in [-0.2, -0.15) is 0 Å². The first-order valence-electron chi connectivity index (χ1n) is 5.62. The summed E-state index contributed by atoms with van der Waals surface area (Å²) >= 11 is 0. The van der Waals surface area contributed by atoms with Crippen molar-refractivity contribution in [1.29, 1.82) is 0 Å². The van der Waals surface area contributed by atoms with Gasteiger partial charge in [-0.1, -0.05) is 0 Å². The van der Waals surface area contributed by atoms with Crippen molar-refractivity contribution in [2.75, 3.05) is 33.1 Å². The zero-order chi connectivity index (χ0) is 12.9. The van der Waals surface area contributed by atoms with E-state index in [1.165, 1.54) is 12.1 Å². The summed E-state index contributed by atoms with van der Waals surface area (Å²) in [5.41, 5.74) is 5.85. The summed E-state index contributed by atoms with van der Waals surface area (Å²) in [5, 5.41) is 0. The highest BCUT2D eigenvalue weighted by Gasteiger charge is 2.01. The Morgan fingerprint density at radius 1 is 1.43 bits per heavy atom. The number of hydrogen-bond acceptors (Lipinski definition) is 4. The van der Waals surface area contributed by atoms with Crippen LogP contribution in [0.25, 0.3) is 0 Å². The molecule has 0 aliphatic rings. The minimum absolute atomic E-state index is 0.0833. The molecule has 4 nitrogen and oxygen atoms in total. The monoisotopic (exact) mass is 200 g/mol. The predicted octanol–water partition coefficient (Wildman–Crippen LogP) is 1.30. The molecular weight excluding hydrogens is 182 g/mol. The fraction of sp³-hybridized carbons (Fsp3) is 0.400. The standard InChI is InChI=1S/C10H15NO3/c1-12-5-6-14-8-3-4-9(11)10(7-8)13-2/h3-4,7H,5-6,11H2,1-2H3/i2D3. The van der Waals surface area contributed by atoms with Crippen molar-refractivity contribution < 1.29 is 18.3 Å². The minimum atomic E-state index is -2.53. The van der Waals surface area contributed by atoms with Gasteiger partial charge in [0.1, 0.15) is 18.1 Å². The van der Waals surface area contributed by atoms with Gasteiger partial charge in [-0.25, -0.2) is 0 Å². The quantitative estimate of drug-likeness (QED) is 0.575. The van der Waals surface area contributed by atoms with Crippen LogP contribution in [0.2, 0.25) is 0 Å². The van der Waals surface area contributed by atoms with E-state index in [1.54, 1.807) is 13.2 Å². The van der Waals surface area contributed by atoms with Crippen molar-refractivity contribution in [2.45, 2.75) is 0 Å². The molecule has 0 atom stereocenters. The van der Waals surface area contributed by atoms with Crippen LogP contribution in [0.1, 0.15) is 4.11 Å². The molecule has 0 amide bonds. The number of nitrogens with two attached hydrogens (primary N) is 1. The second-order valence-corrected chi connectivity index (χ2v) is 2.64. The van der Waals surface area contributed by atoms with Crippen LogP contribution in [0, 0.1) is 0 Å². The summed E-state index contributed by atoms with van der Waals surface area (Å²) in [6.45, 7) is 0.813. The number of ether oxygens (including phenoxy) is 3. The molecule has 0 spiro atoms. The second kappa shape index (κ2) is 5.34. The van der Waals surface area contributed by atoms with Crippen LogP contribution in [0.5, 0.6) is 11.5 Å². The van der Waals surface area contributed by atoms with E-state index in [-0.39, 0.29) is 11.4 Å². The van der Waals surface area contributed by atoms with Crippen LogP contribution in [0.4, 0.5) is 5.69 Å². The van der Waals surface area contributed by atoms with Crippen LogP contribution >= 0.6 is 0 Å². The average Bonchev–Trinajstić information content (AvgIpc) is 2.21. The lowest BCUT2D eigenvalue weighted by Gasteiger charge is -2.08. The Bertz CT molecular complexity index is 368. The number of anilines is 1. The van der Waals surface area contributed by atoms with E-state index in [1.807, 2.05) is 0 Å². The molecule has 1 aromatic rings. The normalized spacial score (nSPS) is 13.9. The third-order valence-electron chi connectivity index (χ3n) is 1.65. The number of rotatable bonds is 5. The first-order chi connectivity index (χ1) is 7.92. The highest BCUT2D eigenvalue weighted by molar-refractivity contribution is 5.55. The van der Waals surface area contributed by atoms with E-state index in [4.69, 9.17) is 24.1 Å². The molecule has 4 heteroatoms. The van der Waals surface area contributed by atoms with Gasteiger partial charge in [-0.15, -0.1) is 0 Å². The molecule has 0 saturated heterocycles. The first-order valence-corrected chi connectivity index (χ1v) is 4.12. The maximum Gasteiger partial charge on any atom is 0.145 e. The van der Waals surface area contributed by atoms with Gasteiger partial charge in [0, 0.05) is 13.2 Å². The van der Waals surface area contributed by atoms with Crippen molar-refractivity contribution in [2.24, 2.45) is 0 Å². The van der Waals surface area contributed by atoms with Gasteiger partial charge in [-0.05, 0) is 12.1 Å². The van der Waals surface area contributed by atoms with Gasteiger partial charge in [0.05, 0.1) is 23.4 Å². The Hall–Kier alpha value is -1.42. The third kappa shape index (κ3) is 2.81. The number of hydrogen-bond donors (Lipinski definition) is 1. The Balaban J connectivity index is 2.72. The predicted molar refractivity (Wildman–Crippen MR) is 54.8 cm³/mol. The SMILES string of the molecule is [2H]C([2H])([2H])Oc1cc(OCCOC)ccc1N. The zero-order valence-corrected chi connectivity index (χ0v) is 7.95. The number of methoxy groups -OCH3 is 2. The molecule has 0 unspecified atom stereocenters. The van der Waals surface area contributed by atoms with Crippen molar-refractivity contribution in [1.82, 2.24) is 0 Å². The first kappa shape index (κ1) is 6.95. The Morgan fingerprint density at radius 3 is 3.00 bits per heavy atom. The van der Waals surface area contributed by atoms with Crippen LogP contribution in [0.3, 0.4) is 0 Å². The van der Waals surface area contributed by atoms with E-state index in [2.05, 4.69) is 0 Å².